The van der Waals surface area contributed by atoms with Gasteiger partial charge >= 0.3 is 5.95 Å². The van der Waals surface area contributed by atoms with E-state index in [1.54, 1.807) is 0 Å². The highest BCUT2D eigenvalue weighted by Crippen LogP contribution is 2.60. The molecule has 2 N–H and O–H groups in total. The summed E-state index contributed by atoms with van der Waals surface area (Å²) in [5.74, 6) is 3.58. The lowest BCUT2D eigenvalue weighted by Crippen LogP contribution is -2.54. The Labute approximate surface area is 185 Å². The summed E-state index contributed by atoms with van der Waals surface area (Å²) in [6.45, 7) is 4.76. The molecule has 5 nitrogen and oxygen atoms in total. The number of carbonyl (C=O) groups excluding carboxylic acids is 1. The number of hydrogen-bond acceptors (Lipinski definition) is 3. The van der Waals surface area contributed by atoms with E-state index in [1.807, 2.05) is 0 Å². The van der Waals surface area contributed by atoms with Crippen molar-refractivity contribution < 1.29 is 9.36 Å². The maximum atomic E-state index is 13.8. The molecule has 166 valence electrons. The highest BCUT2D eigenvalue weighted by molar-refractivity contribution is 5.85. The van der Waals surface area contributed by atoms with E-state index in [1.165, 1.54) is 51.6 Å². The van der Waals surface area contributed by atoms with Crippen molar-refractivity contribution in [3.05, 3.63) is 24.3 Å². The van der Waals surface area contributed by atoms with E-state index in [0.717, 1.165) is 67.1 Å². The van der Waals surface area contributed by atoms with Gasteiger partial charge in [-0.3, -0.25) is 10.5 Å². The minimum absolute atomic E-state index is 0.0643. The average Bonchev–Trinajstić information content (AvgIpc) is 3.03. The van der Waals surface area contributed by atoms with Gasteiger partial charge < -0.3 is 4.90 Å². The minimum Gasteiger partial charge on any atom is -0.300 e. The number of nitrogens with two attached hydrogens (primary N) is 1. The van der Waals surface area contributed by atoms with Crippen LogP contribution >= 0.6 is 0 Å². The van der Waals surface area contributed by atoms with Gasteiger partial charge in [-0.25, -0.2) is 9.13 Å². The van der Waals surface area contributed by atoms with Crippen LogP contribution in [0.1, 0.15) is 57.8 Å². The monoisotopic (exact) mass is 421 g/mol. The predicted octanol–water partition coefficient (Wildman–Crippen LogP) is 3.78. The molecule has 0 radical (unpaired) electrons. The molecular formula is C26H37N4O+. The molecule has 1 saturated heterocycles. The number of carbonyl (C=O) groups is 1. The number of rotatable bonds is 6. The Hall–Kier alpha value is -1.88. The van der Waals surface area contributed by atoms with Gasteiger partial charge in [0.25, 0.3) is 0 Å². The molecule has 7 rings (SSSR count). The fraction of sp³-hybridized carbons (Fsp3) is 0.692. The molecule has 5 fully saturated rings. The smallest absolute Gasteiger partial charge is 0.300 e. The van der Waals surface area contributed by atoms with Crippen molar-refractivity contribution in [3.63, 3.8) is 0 Å². The summed E-state index contributed by atoms with van der Waals surface area (Å²) in [4.78, 5) is 16.3. The van der Waals surface area contributed by atoms with E-state index in [-0.39, 0.29) is 5.41 Å². The number of para-hydroxylation sites is 2. The number of likely N-dealkylation sites (tertiary alicyclic amines) is 1. The summed E-state index contributed by atoms with van der Waals surface area (Å²) in [5.41, 5.74) is 8.93. The fourth-order valence-electron chi connectivity index (χ4n) is 7.90. The first-order valence-electron chi connectivity index (χ1n) is 12.6. The van der Waals surface area contributed by atoms with E-state index in [9.17, 15) is 4.79 Å². The third-order valence-electron chi connectivity index (χ3n) is 9.04. The molecule has 4 saturated carbocycles. The van der Waals surface area contributed by atoms with Crippen LogP contribution in [-0.2, 0) is 17.9 Å². The van der Waals surface area contributed by atoms with Crippen molar-refractivity contribution in [2.75, 3.05) is 25.4 Å². The van der Waals surface area contributed by atoms with Gasteiger partial charge in [-0.2, -0.15) is 0 Å². The summed E-state index contributed by atoms with van der Waals surface area (Å²) in [6, 6.07) is 8.45. The second-order valence-corrected chi connectivity index (χ2v) is 11.1. The molecule has 5 aliphatic rings. The SMILES string of the molecule is Nc1n(CCN2CCCCC2)c2ccccc2[n+]1CC(=O)C12CC3CC(CC(C3)C1)C2. The molecule has 1 aliphatic heterocycles. The first-order valence-corrected chi connectivity index (χ1v) is 12.6. The Morgan fingerprint density at radius 2 is 1.61 bits per heavy atom. The molecule has 0 unspecified atom stereocenters. The number of aromatic nitrogens is 2. The molecule has 0 atom stereocenters. The second kappa shape index (κ2) is 7.61. The van der Waals surface area contributed by atoms with E-state index >= 15 is 0 Å². The largest absolute Gasteiger partial charge is 0.356 e. The number of anilines is 1. The van der Waals surface area contributed by atoms with Crippen molar-refractivity contribution in [1.29, 1.82) is 0 Å². The lowest BCUT2D eigenvalue weighted by atomic mass is 9.48. The Bertz CT molecular complexity index is 951. The lowest BCUT2D eigenvalue weighted by molar-refractivity contribution is -0.644. The molecule has 4 aliphatic carbocycles. The van der Waals surface area contributed by atoms with Gasteiger partial charge in [-0.1, -0.05) is 18.6 Å². The van der Waals surface area contributed by atoms with Crippen LogP contribution in [0.25, 0.3) is 11.0 Å². The van der Waals surface area contributed by atoms with Crippen LogP contribution < -0.4 is 10.3 Å². The lowest BCUT2D eigenvalue weighted by Gasteiger charge is -2.55. The van der Waals surface area contributed by atoms with Crippen LogP contribution in [0.4, 0.5) is 5.95 Å². The Kier molecular flexibility index (Phi) is 4.86. The topological polar surface area (TPSA) is 55.1 Å². The third kappa shape index (κ3) is 3.40. The predicted molar refractivity (Wildman–Crippen MR) is 122 cm³/mol. The molecular weight excluding hydrogens is 384 g/mol. The summed E-state index contributed by atoms with van der Waals surface area (Å²) in [7, 11) is 0. The molecule has 0 amide bonds. The van der Waals surface area contributed by atoms with Gasteiger partial charge in [-0.05, 0) is 94.3 Å². The normalized spacial score (nSPS) is 32.7. The average molecular weight is 422 g/mol. The van der Waals surface area contributed by atoms with Crippen LogP contribution in [0.5, 0.6) is 0 Å². The number of imidazole rings is 1. The number of piperidine rings is 1. The first-order chi connectivity index (χ1) is 15.1. The van der Waals surface area contributed by atoms with Crippen LogP contribution in [0, 0.1) is 23.2 Å². The van der Waals surface area contributed by atoms with Crippen molar-refractivity contribution in [2.24, 2.45) is 23.2 Å². The zero-order valence-corrected chi connectivity index (χ0v) is 18.8. The summed E-state index contributed by atoms with van der Waals surface area (Å²) < 4.78 is 4.36. The first kappa shape index (κ1) is 19.8. The molecule has 0 spiro atoms. The second-order valence-electron chi connectivity index (χ2n) is 11.1. The maximum Gasteiger partial charge on any atom is 0.356 e. The Morgan fingerprint density at radius 1 is 0.968 bits per heavy atom. The summed E-state index contributed by atoms with van der Waals surface area (Å²) in [6.07, 6.45) is 11.5. The zero-order valence-electron chi connectivity index (χ0n) is 18.8. The highest BCUT2D eigenvalue weighted by Gasteiger charge is 2.54. The molecule has 4 bridgehead atoms. The van der Waals surface area contributed by atoms with E-state index in [2.05, 4.69) is 38.3 Å². The molecule has 1 aromatic carbocycles. The minimum atomic E-state index is -0.0643. The fourth-order valence-corrected chi connectivity index (χ4v) is 7.90. The highest BCUT2D eigenvalue weighted by atomic mass is 16.1. The van der Waals surface area contributed by atoms with Crippen molar-refractivity contribution in [3.8, 4) is 0 Å². The molecule has 5 heteroatoms. The number of ketones is 1. The van der Waals surface area contributed by atoms with Crippen molar-refractivity contribution >= 4 is 22.8 Å². The van der Waals surface area contributed by atoms with E-state index < -0.39 is 0 Å². The number of benzene rings is 1. The molecule has 31 heavy (non-hydrogen) atoms. The van der Waals surface area contributed by atoms with Gasteiger partial charge in [-0.15, -0.1) is 0 Å². The van der Waals surface area contributed by atoms with E-state index in [0.29, 0.717) is 12.3 Å². The van der Waals surface area contributed by atoms with Crippen LogP contribution in [0.3, 0.4) is 0 Å². The quantitative estimate of drug-likeness (QED) is 0.722. The summed E-state index contributed by atoms with van der Waals surface area (Å²) in [5, 5.41) is 0. The number of fused-ring (bicyclic) bond motifs is 1. The number of Topliss-reactive ketones (excluding diaryl/α,β-unsaturated/α-hetero) is 1. The molecule has 1 aromatic heterocycles. The number of nitrogen functional groups attached to an aromatic ring is 1. The van der Waals surface area contributed by atoms with Gasteiger partial charge in [0.2, 0.25) is 0 Å². The van der Waals surface area contributed by atoms with Gasteiger partial charge in [0, 0.05) is 12.0 Å². The third-order valence-corrected chi connectivity index (χ3v) is 9.04. The standard InChI is InChI=1S/C26H36N4O/c27-25-29(11-10-28-8-4-1-5-9-28)22-6-2-3-7-23(22)30(25)18-24(31)26-15-19-12-20(16-26)14-21(13-19)17-26/h2-3,6-7,19-21,27H,1,4-5,8-18H2/p+1. The van der Waals surface area contributed by atoms with Gasteiger partial charge in [0.1, 0.15) is 17.6 Å². The van der Waals surface area contributed by atoms with Crippen LogP contribution in [-0.4, -0.2) is 34.9 Å². The zero-order chi connectivity index (χ0) is 21.0. The van der Waals surface area contributed by atoms with E-state index in [4.69, 9.17) is 5.73 Å². The van der Waals surface area contributed by atoms with Crippen LogP contribution in [0.15, 0.2) is 24.3 Å². The molecule has 2 heterocycles. The van der Waals surface area contributed by atoms with Crippen LogP contribution in [0.2, 0.25) is 0 Å². The number of nitrogens with zero attached hydrogens (tertiary/aromatic N) is 3. The van der Waals surface area contributed by atoms with Crippen molar-refractivity contribution in [1.82, 2.24) is 9.47 Å². The molecule has 2 aromatic rings. The van der Waals surface area contributed by atoms with Gasteiger partial charge in [0.15, 0.2) is 5.78 Å². The maximum absolute atomic E-state index is 13.8. The Morgan fingerprint density at radius 3 is 2.29 bits per heavy atom. The van der Waals surface area contributed by atoms with Gasteiger partial charge in [0.05, 0.1) is 6.54 Å². The Balaban J connectivity index is 1.27. The number of hydrogen-bond donors (Lipinski definition) is 1. The summed E-state index contributed by atoms with van der Waals surface area (Å²) >= 11 is 0. The van der Waals surface area contributed by atoms with Crippen molar-refractivity contribution in [2.45, 2.75) is 70.9 Å².